The van der Waals surface area contributed by atoms with Crippen molar-refractivity contribution in [1.29, 1.82) is 0 Å². The Morgan fingerprint density at radius 3 is 2.37 bits per heavy atom. The number of hydrogen-bond donors (Lipinski definition) is 0. The number of hydrogen-bond acceptors (Lipinski definition) is 1. The van der Waals surface area contributed by atoms with Gasteiger partial charge in [0.2, 0.25) is 0 Å². The van der Waals surface area contributed by atoms with E-state index in [1.165, 1.54) is 57.8 Å². The summed E-state index contributed by atoms with van der Waals surface area (Å²) < 4.78 is 0. The van der Waals surface area contributed by atoms with Crippen molar-refractivity contribution in [3.8, 4) is 0 Å². The standard InChI is InChI=1S/C18H28O/c1-2-3-7-12-18(17-8-5-4-6-9-17)13-10-16(15-19)11-14-18/h10-11,13-17H,2-9,12H2,1H3. The van der Waals surface area contributed by atoms with Crippen LogP contribution in [0.3, 0.4) is 0 Å². The van der Waals surface area contributed by atoms with Gasteiger partial charge in [-0.1, -0.05) is 69.8 Å². The Bertz CT molecular complexity index is 320. The van der Waals surface area contributed by atoms with Gasteiger partial charge < -0.3 is 4.79 Å². The van der Waals surface area contributed by atoms with E-state index in [1.807, 2.05) is 0 Å². The summed E-state index contributed by atoms with van der Waals surface area (Å²) in [7, 11) is 0. The molecular formula is C18H28O. The van der Waals surface area contributed by atoms with Crippen molar-refractivity contribution in [2.45, 2.75) is 64.7 Å². The molecule has 1 saturated carbocycles. The van der Waals surface area contributed by atoms with Crippen molar-refractivity contribution < 1.29 is 4.79 Å². The van der Waals surface area contributed by atoms with Crippen LogP contribution in [0.5, 0.6) is 0 Å². The first kappa shape index (κ1) is 14.6. The van der Waals surface area contributed by atoms with Gasteiger partial charge in [-0.25, -0.2) is 0 Å². The molecule has 106 valence electrons. The largest absolute Gasteiger partial charge is 0.302 e. The fourth-order valence-electron chi connectivity index (χ4n) is 3.76. The Morgan fingerprint density at radius 2 is 1.79 bits per heavy atom. The zero-order valence-corrected chi connectivity index (χ0v) is 12.3. The van der Waals surface area contributed by atoms with Gasteiger partial charge in [0.25, 0.3) is 0 Å². The lowest BCUT2D eigenvalue weighted by atomic mass is 9.64. The predicted octanol–water partition coefficient (Wildman–Crippen LogP) is 5.07. The number of carbonyl (C=O) groups excluding carboxylic acids is 1. The summed E-state index contributed by atoms with van der Waals surface area (Å²) in [5.41, 5.74) is 0.259. The summed E-state index contributed by atoms with van der Waals surface area (Å²) in [6, 6.07) is 0. The summed E-state index contributed by atoms with van der Waals surface area (Å²) in [6.45, 7) is 2.27. The minimum absolute atomic E-state index is 0.0166. The van der Waals surface area contributed by atoms with E-state index < -0.39 is 0 Å². The smallest absolute Gasteiger partial charge is 0.130 e. The van der Waals surface area contributed by atoms with Crippen LogP contribution in [0.25, 0.3) is 0 Å². The third-order valence-electron chi connectivity index (χ3n) is 4.99. The molecule has 2 aliphatic carbocycles. The van der Waals surface area contributed by atoms with E-state index in [0.29, 0.717) is 0 Å². The number of aldehydes is 1. The molecule has 0 amide bonds. The molecule has 0 saturated heterocycles. The van der Waals surface area contributed by atoms with Crippen LogP contribution in [-0.2, 0) is 4.79 Å². The normalized spacial score (nSPS) is 31.5. The Labute approximate surface area is 118 Å². The van der Waals surface area contributed by atoms with E-state index in [1.54, 1.807) is 0 Å². The third-order valence-corrected chi connectivity index (χ3v) is 4.99. The summed E-state index contributed by atoms with van der Waals surface area (Å²) in [4.78, 5) is 10.9. The van der Waals surface area contributed by atoms with Crippen LogP contribution in [0.2, 0.25) is 0 Å². The predicted molar refractivity (Wildman–Crippen MR) is 81.0 cm³/mol. The van der Waals surface area contributed by atoms with Gasteiger partial charge in [-0.2, -0.15) is 0 Å². The summed E-state index contributed by atoms with van der Waals surface area (Å²) >= 11 is 0. The highest BCUT2D eigenvalue weighted by Gasteiger charge is 2.35. The molecule has 0 spiro atoms. The topological polar surface area (TPSA) is 17.1 Å². The van der Waals surface area contributed by atoms with Crippen molar-refractivity contribution in [3.05, 3.63) is 24.3 Å². The van der Waals surface area contributed by atoms with Gasteiger partial charge in [0.05, 0.1) is 5.92 Å². The van der Waals surface area contributed by atoms with Crippen LogP contribution >= 0.6 is 0 Å². The molecule has 0 aromatic carbocycles. The fraction of sp³-hybridized carbons (Fsp3) is 0.722. The van der Waals surface area contributed by atoms with Gasteiger partial charge >= 0.3 is 0 Å². The van der Waals surface area contributed by atoms with Gasteiger partial charge in [0.15, 0.2) is 0 Å². The van der Waals surface area contributed by atoms with Gasteiger partial charge in [0, 0.05) is 5.41 Å². The first-order valence-electron chi connectivity index (χ1n) is 8.15. The maximum absolute atomic E-state index is 10.9. The van der Waals surface area contributed by atoms with Crippen LogP contribution in [0.4, 0.5) is 0 Å². The monoisotopic (exact) mass is 260 g/mol. The molecule has 0 unspecified atom stereocenters. The quantitative estimate of drug-likeness (QED) is 0.370. The van der Waals surface area contributed by atoms with Gasteiger partial charge in [0.1, 0.15) is 6.29 Å². The number of rotatable bonds is 6. The average Bonchev–Trinajstić information content (AvgIpc) is 2.49. The molecule has 2 rings (SSSR count). The second-order valence-corrected chi connectivity index (χ2v) is 6.34. The molecule has 0 heterocycles. The maximum atomic E-state index is 10.9. The molecule has 1 heteroatoms. The maximum Gasteiger partial charge on any atom is 0.130 e. The zero-order chi connectivity index (χ0) is 13.6. The Balaban J connectivity index is 2.08. The fourth-order valence-corrected chi connectivity index (χ4v) is 3.76. The second-order valence-electron chi connectivity index (χ2n) is 6.34. The molecule has 0 atom stereocenters. The van der Waals surface area contributed by atoms with Crippen molar-refractivity contribution in [2.75, 3.05) is 0 Å². The Hall–Kier alpha value is -0.850. The molecule has 0 aromatic rings. The van der Waals surface area contributed by atoms with Crippen molar-refractivity contribution in [2.24, 2.45) is 17.3 Å². The molecule has 2 aliphatic rings. The number of allylic oxidation sites excluding steroid dienone is 4. The van der Waals surface area contributed by atoms with Crippen molar-refractivity contribution in [1.82, 2.24) is 0 Å². The van der Waals surface area contributed by atoms with Crippen molar-refractivity contribution >= 4 is 6.29 Å². The van der Waals surface area contributed by atoms with E-state index in [0.717, 1.165) is 12.2 Å². The highest BCUT2D eigenvalue weighted by atomic mass is 16.1. The number of carbonyl (C=O) groups is 1. The first-order valence-corrected chi connectivity index (χ1v) is 8.15. The van der Waals surface area contributed by atoms with Gasteiger partial charge in [-0.05, 0) is 25.2 Å². The molecule has 1 fully saturated rings. The molecule has 0 bridgehead atoms. The Kier molecular flexibility index (Phi) is 5.42. The van der Waals surface area contributed by atoms with E-state index in [-0.39, 0.29) is 11.3 Å². The molecule has 0 aromatic heterocycles. The highest BCUT2D eigenvalue weighted by molar-refractivity contribution is 5.60. The molecular weight excluding hydrogens is 232 g/mol. The Morgan fingerprint density at radius 1 is 1.11 bits per heavy atom. The summed E-state index contributed by atoms with van der Waals surface area (Å²) in [5.74, 6) is 0.820. The minimum Gasteiger partial charge on any atom is -0.302 e. The summed E-state index contributed by atoms with van der Waals surface area (Å²) in [5, 5.41) is 0. The van der Waals surface area contributed by atoms with E-state index in [2.05, 4.69) is 31.2 Å². The van der Waals surface area contributed by atoms with E-state index >= 15 is 0 Å². The van der Waals surface area contributed by atoms with Crippen molar-refractivity contribution in [3.63, 3.8) is 0 Å². The minimum atomic E-state index is 0.0166. The van der Waals surface area contributed by atoms with E-state index in [4.69, 9.17) is 0 Å². The zero-order valence-electron chi connectivity index (χ0n) is 12.3. The van der Waals surface area contributed by atoms with Crippen LogP contribution < -0.4 is 0 Å². The van der Waals surface area contributed by atoms with E-state index in [9.17, 15) is 4.79 Å². The van der Waals surface area contributed by atoms with Crippen LogP contribution in [-0.4, -0.2) is 6.29 Å². The lowest BCUT2D eigenvalue weighted by Crippen LogP contribution is -2.30. The first-order chi connectivity index (χ1) is 9.30. The van der Waals surface area contributed by atoms with Gasteiger partial charge in [-0.15, -0.1) is 0 Å². The molecule has 0 aliphatic heterocycles. The average molecular weight is 260 g/mol. The lowest BCUT2D eigenvalue weighted by Gasteiger charge is -2.40. The molecule has 0 radical (unpaired) electrons. The SMILES string of the molecule is CCCCCC1(C2CCCCC2)C=CC(C=O)C=C1. The van der Waals surface area contributed by atoms with Gasteiger partial charge in [-0.3, -0.25) is 0 Å². The second kappa shape index (κ2) is 7.07. The van der Waals surface area contributed by atoms with Crippen LogP contribution in [0, 0.1) is 17.3 Å². The summed E-state index contributed by atoms with van der Waals surface area (Å²) in [6.07, 6.45) is 22.2. The highest BCUT2D eigenvalue weighted by Crippen LogP contribution is 2.46. The molecule has 0 N–H and O–H groups in total. The molecule has 19 heavy (non-hydrogen) atoms. The molecule has 1 nitrogen and oxygen atoms in total. The van der Waals surface area contributed by atoms with Crippen LogP contribution in [0.15, 0.2) is 24.3 Å². The third kappa shape index (κ3) is 3.58. The lowest BCUT2D eigenvalue weighted by molar-refractivity contribution is -0.109. The van der Waals surface area contributed by atoms with Crippen LogP contribution in [0.1, 0.15) is 64.7 Å². The number of unbranched alkanes of at least 4 members (excludes halogenated alkanes) is 2.